The van der Waals surface area contributed by atoms with Gasteiger partial charge in [0.05, 0.1) is 23.8 Å². The highest BCUT2D eigenvalue weighted by molar-refractivity contribution is 5.94. The minimum absolute atomic E-state index is 0.141. The maximum absolute atomic E-state index is 12.1. The number of ether oxygens (including phenoxy) is 2. The van der Waals surface area contributed by atoms with Gasteiger partial charge in [-0.2, -0.15) is 0 Å². The molecule has 140 valence electrons. The molecule has 0 fully saturated rings. The van der Waals surface area contributed by atoms with Crippen molar-refractivity contribution in [2.24, 2.45) is 0 Å². The van der Waals surface area contributed by atoms with Crippen LogP contribution in [-0.4, -0.2) is 29.7 Å². The third-order valence-electron chi connectivity index (χ3n) is 3.66. The van der Waals surface area contributed by atoms with Crippen molar-refractivity contribution in [3.63, 3.8) is 0 Å². The second-order valence-corrected chi connectivity index (χ2v) is 6.16. The Bertz CT molecular complexity index is 730. The number of nitrogens with zero attached hydrogens (tertiary/aromatic N) is 1. The molecule has 1 heterocycles. The molecule has 0 saturated carbocycles. The van der Waals surface area contributed by atoms with Crippen molar-refractivity contribution in [3.05, 3.63) is 46.8 Å². The van der Waals surface area contributed by atoms with E-state index in [0.717, 1.165) is 17.0 Å². The summed E-state index contributed by atoms with van der Waals surface area (Å²) < 4.78 is 15.8. The average molecular weight is 360 g/mol. The molecular weight excluding hydrogens is 336 g/mol. The van der Waals surface area contributed by atoms with Gasteiger partial charge in [-0.25, -0.2) is 0 Å². The number of esters is 1. The molecule has 26 heavy (non-hydrogen) atoms. The van der Waals surface area contributed by atoms with Crippen LogP contribution in [0.4, 0.5) is 0 Å². The molecule has 1 aromatic carbocycles. The Labute approximate surface area is 152 Å². The van der Waals surface area contributed by atoms with E-state index in [4.69, 9.17) is 14.0 Å². The number of rotatable bonds is 8. The summed E-state index contributed by atoms with van der Waals surface area (Å²) in [6, 6.07) is 6.79. The molecule has 1 N–H and O–H groups in total. The maximum atomic E-state index is 12.1. The molecule has 0 bridgehead atoms. The first-order valence-corrected chi connectivity index (χ1v) is 8.49. The standard InChI is InChI=1S/C19H24N2O5/c1-12(2)25-18(22)9-10-20-19(23)15-5-7-16(8-6-15)24-11-17-13(3)21-26-14(17)4/h5-8,12H,9-11H2,1-4H3,(H,20,23). The number of nitrogens with one attached hydrogen (secondary N) is 1. The maximum Gasteiger partial charge on any atom is 0.307 e. The number of aryl methyl sites for hydroxylation is 2. The SMILES string of the molecule is Cc1noc(C)c1COc1ccc(C(=O)NCCC(=O)OC(C)C)cc1. The second kappa shape index (κ2) is 9.03. The number of aromatic nitrogens is 1. The average Bonchev–Trinajstić information content (AvgIpc) is 2.91. The van der Waals surface area contributed by atoms with Crippen LogP contribution in [0.1, 0.15) is 47.6 Å². The minimum atomic E-state index is -0.330. The van der Waals surface area contributed by atoms with Crippen LogP contribution in [0.25, 0.3) is 0 Å². The van der Waals surface area contributed by atoms with Gasteiger partial charge < -0.3 is 19.3 Å². The van der Waals surface area contributed by atoms with Gasteiger partial charge in [0.2, 0.25) is 0 Å². The number of benzene rings is 1. The third kappa shape index (κ3) is 5.61. The van der Waals surface area contributed by atoms with Crippen LogP contribution in [0.5, 0.6) is 5.75 Å². The van der Waals surface area contributed by atoms with Gasteiger partial charge in [-0.3, -0.25) is 9.59 Å². The number of hydrogen-bond acceptors (Lipinski definition) is 6. The Hall–Kier alpha value is -2.83. The molecule has 0 unspecified atom stereocenters. The molecule has 0 atom stereocenters. The van der Waals surface area contributed by atoms with E-state index in [1.807, 2.05) is 13.8 Å². The van der Waals surface area contributed by atoms with E-state index in [-0.39, 0.29) is 30.9 Å². The lowest BCUT2D eigenvalue weighted by Crippen LogP contribution is -2.27. The van der Waals surface area contributed by atoms with Gasteiger partial charge in [0.25, 0.3) is 5.91 Å². The molecule has 0 radical (unpaired) electrons. The first-order valence-electron chi connectivity index (χ1n) is 8.49. The van der Waals surface area contributed by atoms with Crippen molar-refractivity contribution in [2.75, 3.05) is 6.54 Å². The summed E-state index contributed by atoms with van der Waals surface area (Å²) in [5.41, 5.74) is 2.21. The zero-order valence-electron chi connectivity index (χ0n) is 15.5. The fourth-order valence-corrected chi connectivity index (χ4v) is 2.27. The molecule has 0 aliphatic heterocycles. The largest absolute Gasteiger partial charge is 0.489 e. The normalized spacial score (nSPS) is 10.7. The fourth-order valence-electron chi connectivity index (χ4n) is 2.27. The van der Waals surface area contributed by atoms with Gasteiger partial charge in [-0.15, -0.1) is 0 Å². The van der Waals surface area contributed by atoms with E-state index in [2.05, 4.69) is 10.5 Å². The summed E-state index contributed by atoms with van der Waals surface area (Å²) in [4.78, 5) is 23.5. The van der Waals surface area contributed by atoms with Gasteiger partial charge in [-0.1, -0.05) is 5.16 Å². The van der Waals surface area contributed by atoms with Gasteiger partial charge in [0.1, 0.15) is 18.1 Å². The van der Waals surface area contributed by atoms with E-state index < -0.39 is 0 Å². The Morgan fingerprint density at radius 3 is 2.46 bits per heavy atom. The predicted molar refractivity (Wildman–Crippen MR) is 94.9 cm³/mol. The number of carbonyl (C=O) groups is 2. The molecule has 0 spiro atoms. The van der Waals surface area contributed by atoms with Crippen LogP contribution in [0.2, 0.25) is 0 Å². The van der Waals surface area contributed by atoms with Crippen LogP contribution in [0.3, 0.4) is 0 Å². The highest BCUT2D eigenvalue weighted by Gasteiger charge is 2.11. The quantitative estimate of drug-likeness (QED) is 0.728. The summed E-state index contributed by atoms with van der Waals surface area (Å²) in [6.07, 6.45) is -0.0149. The molecular formula is C19H24N2O5. The van der Waals surface area contributed by atoms with Gasteiger partial charge in [0, 0.05) is 12.1 Å². The molecule has 1 amide bonds. The molecule has 7 heteroatoms. The van der Waals surface area contributed by atoms with Crippen LogP contribution >= 0.6 is 0 Å². The van der Waals surface area contributed by atoms with Gasteiger partial charge >= 0.3 is 5.97 Å². The third-order valence-corrected chi connectivity index (χ3v) is 3.66. The molecule has 0 aliphatic carbocycles. The Balaban J connectivity index is 1.81. The first kappa shape index (κ1) is 19.5. The van der Waals surface area contributed by atoms with E-state index in [1.54, 1.807) is 38.1 Å². The Morgan fingerprint density at radius 2 is 1.88 bits per heavy atom. The molecule has 0 saturated heterocycles. The van der Waals surface area contributed by atoms with E-state index in [0.29, 0.717) is 17.9 Å². The second-order valence-electron chi connectivity index (χ2n) is 6.16. The zero-order valence-corrected chi connectivity index (χ0v) is 15.5. The molecule has 1 aromatic heterocycles. The van der Waals surface area contributed by atoms with Crippen molar-refractivity contribution < 1.29 is 23.6 Å². The minimum Gasteiger partial charge on any atom is -0.489 e. The van der Waals surface area contributed by atoms with Crippen LogP contribution in [0, 0.1) is 13.8 Å². The lowest BCUT2D eigenvalue weighted by atomic mass is 10.2. The highest BCUT2D eigenvalue weighted by atomic mass is 16.5. The summed E-state index contributed by atoms with van der Waals surface area (Å²) >= 11 is 0. The van der Waals surface area contributed by atoms with Gasteiger partial charge in [-0.05, 0) is 52.0 Å². The van der Waals surface area contributed by atoms with Crippen molar-refractivity contribution >= 4 is 11.9 Å². The van der Waals surface area contributed by atoms with Crippen molar-refractivity contribution in [2.45, 2.75) is 46.8 Å². The molecule has 7 nitrogen and oxygen atoms in total. The van der Waals surface area contributed by atoms with Crippen LogP contribution < -0.4 is 10.1 Å². The van der Waals surface area contributed by atoms with Crippen molar-refractivity contribution in [1.29, 1.82) is 0 Å². The zero-order chi connectivity index (χ0) is 19.1. The summed E-state index contributed by atoms with van der Waals surface area (Å²) in [7, 11) is 0. The monoisotopic (exact) mass is 360 g/mol. The lowest BCUT2D eigenvalue weighted by Gasteiger charge is -2.09. The summed E-state index contributed by atoms with van der Waals surface area (Å²) in [6.45, 7) is 7.85. The van der Waals surface area contributed by atoms with Crippen LogP contribution in [0.15, 0.2) is 28.8 Å². The topological polar surface area (TPSA) is 90.7 Å². The summed E-state index contributed by atoms with van der Waals surface area (Å²) in [5.74, 6) is 0.791. The molecule has 2 aromatic rings. The Kier molecular flexibility index (Phi) is 6.77. The van der Waals surface area contributed by atoms with Crippen molar-refractivity contribution in [3.8, 4) is 5.75 Å². The van der Waals surface area contributed by atoms with E-state index in [9.17, 15) is 9.59 Å². The number of carbonyl (C=O) groups excluding carboxylic acids is 2. The number of amides is 1. The van der Waals surface area contributed by atoms with Gasteiger partial charge in [0.15, 0.2) is 0 Å². The lowest BCUT2D eigenvalue weighted by molar-refractivity contribution is -0.147. The Morgan fingerprint density at radius 1 is 1.19 bits per heavy atom. The van der Waals surface area contributed by atoms with Crippen LogP contribution in [-0.2, 0) is 16.1 Å². The highest BCUT2D eigenvalue weighted by Crippen LogP contribution is 2.18. The fraction of sp³-hybridized carbons (Fsp3) is 0.421. The summed E-state index contributed by atoms with van der Waals surface area (Å²) in [5, 5.41) is 6.57. The van der Waals surface area contributed by atoms with E-state index >= 15 is 0 Å². The first-order chi connectivity index (χ1) is 12.4. The van der Waals surface area contributed by atoms with Crippen molar-refractivity contribution in [1.82, 2.24) is 10.5 Å². The van der Waals surface area contributed by atoms with E-state index in [1.165, 1.54) is 0 Å². The molecule has 0 aliphatic rings. The number of hydrogen-bond donors (Lipinski definition) is 1. The predicted octanol–water partition coefficient (Wildman–Crippen LogP) is 2.94. The molecule has 2 rings (SSSR count). The smallest absolute Gasteiger partial charge is 0.307 e.